The van der Waals surface area contributed by atoms with E-state index in [1.165, 1.54) is 24.3 Å². The van der Waals surface area contributed by atoms with Gasteiger partial charge in [-0.15, -0.1) is 0 Å². The second-order valence-electron chi connectivity index (χ2n) is 7.30. The molecule has 7 heteroatoms. The maximum absolute atomic E-state index is 13.3. The van der Waals surface area contributed by atoms with Gasteiger partial charge in [-0.05, 0) is 68.1 Å². The number of carbonyl (C=O) groups is 1. The molecular weight excluding hydrogens is 367 g/mol. The highest BCUT2D eigenvalue weighted by Gasteiger charge is 2.37. The van der Waals surface area contributed by atoms with Crippen LogP contribution in [0.15, 0.2) is 47.4 Å². The van der Waals surface area contributed by atoms with Crippen LogP contribution < -0.4 is 9.62 Å². The van der Waals surface area contributed by atoms with Crippen molar-refractivity contribution < 1.29 is 17.6 Å². The van der Waals surface area contributed by atoms with Crippen molar-refractivity contribution in [3.8, 4) is 0 Å². The molecule has 4 rings (SSSR count). The number of hydrogen-bond acceptors (Lipinski definition) is 3. The normalized spacial score (nSPS) is 19.5. The zero-order chi connectivity index (χ0) is 19.2. The molecule has 1 N–H and O–H groups in total. The fourth-order valence-electron chi connectivity index (χ4n) is 3.73. The van der Waals surface area contributed by atoms with Crippen molar-refractivity contribution in [3.05, 3.63) is 53.8 Å². The van der Waals surface area contributed by atoms with Crippen molar-refractivity contribution in [1.29, 1.82) is 0 Å². The Bertz CT molecular complexity index is 1000. The van der Waals surface area contributed by atoms with Gasteiger partial charge in [-0.3, -0.25) is 9.52 Å². The van der Waals surface area contributed by atoms with E-state index in [0.29, 0.717) is 6.42 Å². The van der Waals surface area contributed by atoms with Gasteiger partial charge in [-0.2, -0.15) is 0 Å². The lowest BCUT2D eigenvalue weighted by Crippen LogP contribution is -2.42. The first kappa shape index (κ1) is 18.0. The standard InChI is InChI=1S/C20H21FN2O3S/c1-13-10-15-11-18(27(25,26)22-17-7-3-6-16(21)12-17)8-9-19(15)23(13)20(24)14-4-2-5-14/h3,6-9,11-14,22H,2,4-5,10H2,1H3/t13-/m0/s1. The van der Waals surface area contributed by atoms with Gasteiger partial charge in [0.05, 0.1) is 10.6 Å². The Kier molecular flexibility index (Phi) is 4.42. The van der Waals surface area contributed by atoms with Gasteiger partial charge in [0.25, 0.3) is 10.0 Å². The fourth-order valence-corrected chi connectivity index (χ4v) is 4.83. The second kappa shape index (κ2) is 6.64. The Hall–Kier alpha value is -2.41. The summed E-state index contributed by atoms with van der Waals surface area (Å²) >= 11 is 0. The van der Waals surface area contributed by atoms with Gasteiger partial charge in [-0.1, -0.05) is 12.5 Å². The molecule has 0 radical (unpaired) electrons. The van der Waals surface area contributed by atoms with Gasteiger partial charge in [0, 0.05) is 17.6 Å². The molecule has 0 saturated heterocycles. The van der Waals surface area contributed by atoms with Crippen molar-refractivity contribution in [1.82, 2.24) is 0 Å². The number of nitrogens with zero attached hydrogens (tertiary/aromatic N) is 1. The van der Waals surface area contributed by atoms with E-state index >= 15 is 0 Å². The summed E-state index contributed by atoms with van der Waals surface area (Å²) in [6.07, 6.45) is 3.58. The van der Waals surface area contributed by atoms with Crippen LogP contribution in [-0.4, -0.2) is 20.4 Å². The molecule has 1 aliphatic heterocycles. The van der Waals surface area contributed by atoms with Crippen LogP contribution in [-0.2, 0) is 21.2 Å². The number of rotatable bonds is 4. The highest BCUT2D eigenvalue weighted by atomic mass is 32.2. The molecule has 1 amide bonds. The predicted molar refractivity (Wildman–Crippen MR) is 102 cm³/mol. The molecule has 1 atom stereocenters. The molecule has 0 aromatic heterocycles. The number of benzene rings is 2. The van der Waals surface area contributed by atoms with E-state index in [1.54, 1.807) is 12.1 Å². The molecule has 1 saturated carbocycles. The monoisotopic (exact) mass is 388 g/mol. The summed E-state index contributed by atoms with van der Waals surface area (Å²) < 4.78 is 41.0. The Morgan fingerprint density at radius 3 is 2.63 bits per heavy atom. The number of sulfonamides is 1. The molecule has 2 aromatic carbocycles. The molecule has 1 aliphatic carbocycles. The number of fused-ring (bicyclic) bond motifs is 1. The Morgan fingerprint density at radius 2 is 1.96 bits per heavy atom. The van der Waals surface area contributed by atoms with Crippen LogP contribution in [0.1, 0.15) is 31.7 Å². The molecule has 5 nitrogen and oxygen atoms in total. The van der Waals surface area contributed by atoms with Gasteiger partial charge in [0.2, 0.25) is 5.91 Å². The first-order valence-corrected chi connectivity index (χ1v) is 10.6. The molecule has 0 unspecified atom stereocenters. The number of amides is 1. The average Bonchev–Trinajstić information content (AvgIpc) is 2.87. The zero-order valence-electron chi connectivity index (χ0n) is 15.0. The number of carbonyl (C=O) groups excluding carboxylic acids is 1. The molecule has 2 aliphatic rings. The van der Waals surface area contributed by atoms with E-state index in [4.69, 9.17) is 0 Å². The highest BCUT2D eigenvalue weighted by Crippen LogP contribution is 2.38. The van der Waals surface area contributed by atoms with E-state index in [1.807, 2.05) is 11.8 Å². The number of hydrogen-bond donors (Lipinski definition) is 1. The predicted octanol–water partition coefficient (Wildman–Crippen LogP) is 3.70. The lowest BCUT2D eigenvalue weighted by molar-refractivity contribution is -0.125. The van der Waals surface area contributed by atoms with Crippen molar-refractivity contribution in [2.45, 2.75) is 43.5 Å². The quantitative estimate of drug-likeness (QED) is 0.868. The van der Waals surface area contributed by atoms with Gasteiger partial charge in [-0.25, -0.2) is 12.8 Å². The minimum absolute atomic E-state index is 0.0160. The molecule has 142 valence electrons. The fraction of sp³-hybridized carbons (Fsp3) is 0.350. The summed E-state index contributed by atoms with van der Waals surface area (Å²) in [5.41, 5.74) is 1.81. The second-order valence-corrected chi connectivity index (χ2v) is 8.98. The topological polar surface area (TPSA) is 66.5 Å². The van der Waals surface area contributed by atoms with Crippen LogP contribution in [0.4, 0.5) is 15.8 Å². The highest BCUT2D eigenvalue weighted by molar-refractivity contribution is 7.92. The Morgan fingerprint density at radius 1 is 1.19 bits per heavy atom. The first-order chi connectivity index (χ1) is 12.8. The van der Waals surface area contributed by atoms with Crippen LogP contribution in [0.3, 0.4) is 0 Å². The van der Waals surface area contributed by atoms with Crippen molar-refractivity contribution in [3.63, 3.8) is 0 Å². The van der Waals surface area contributed by atoms with Crippen LogP contribution in [0.5, 0.6) is 0 Å². The SMILES string of the molecule is C[C@H]1Cc2cc(S(=O)(=O)Nc3cccc(F)c3)ccc2N1C(=O)C1CCC1. The Labute approximate surface area is 158 Å². The first-order valence-electron chi connectivity index (χ1n) is 9.09. The number of nitrogens with one attached hydrogen (secondary N) is 1. The molecule has 1 heterocycles. The molecule has 0 spiro atoms. The van der Waals surface area contributed by atoms with E-state index in [9.17, 15) is 17.6 Å². The maximum atomic E-state index is 13.3. The van der Waals surface area contributed by atoms with E-state index < -0.39 is 15.8 Å². The zero-order valence-corrected chi connectivity index (χ0v) is 15.8. The van der Waals surface area contributed by atoms with Gasteiger partial charge < -0.3 is 4.90 Å². The lowest BCUT2D eigenvalue weighted by atomic mass is 9.84. The summed E-state index contributed by atoms with van der Waals surface area (Å²) in [7, 11) is -3.84. The molecule has 2 aromatic rings. The molecular formula is C20H21FN2O3S. The number of anilines is 2. The van der Waals surface area contributed by atoms with E-state index in [0.717, 1.165) is 36.6 Å². The van der Waals surface area contributed by atoms with Crippen molar-refractivity contribution >= 4 is 27.3 Å². The summed E-state index contributed by atoms with van der Waals surface area (Å²) in [4.78, 5) is 14.6. The Balaban J connectivity index is 1.61. The minimum Gasteiger partial charge on any atom is -0.309 e. The minimum atomic E-state index is -3.84. The van der Waals surface area contributed by atoms with Crippen LogP contribution in [0.25, 0.3) is 0 Å². The number of halogens is 1. The third-order valence-corrected chi connectivity index (χ3v) is 6.72. The van der Waals surface area contributed by atoms with Gasteiger partial charge in [0.1, 0.15) is 5.82 Å². The van der Waals surface area contributed by atoms with Crippen LogP contribution >= 0.6 is 0 Å². The summed E-state index contributed by atoms with van der Waals surface area (Å²) in [6, 6.07) is 10.2. The largest absolute Gasteiger partial charge is 0.309 e. The summed E-state index contributed by atoms with van der Waals surface area (Å²) in [5, 5.41) is 0. The van der Waals surface area contributed by atoms with Gasteiger partial charge >= 0.3 is 0 Å². The van der Waals surface area contributed by atoms with E-state index in [-0.39, 0.29) is 28.4 Å². The summed E-state index contributed by atoms with van der Waals surface area (Å²) in [6.45, 7) is 1.98. The lowest BCUT2D eigenvalue weighted by Gasteiger charge is -2.32. The van der Waals surface area contributed by atoms with Crippen LogP contribution in [0, 0.1) is 11.7 Å². The molecule has 1 fully saturated rings. The third kappa shape index (κ3) is 3.32. The third-order valence-electron chi connectivity index (χ3n) is 5.35. The van der Waals surface area contributed by atoms with Crippen molar-refractivity contribution in [2.75, 3.05) is 9.62 Å². The molecule has 27 heavy (non-hydrogen) atoms. The van der Waals surface area contributed by atoms with Gasteiger partial charge in [0.15, 0.2) is 0 Å². The summed E-state index contributed by atoms with van der Waals surface area (Å²) in [5.74, 6) is -0.277. The van der Waals surface area contributed by atoms with Crippen LogP contribution in [0.2, 0.25) is 0 Å². The maximum Gasteiger partial charge on any atom is 0.261 e. The molecule has 0 bridgehead atoms. The smallest absolute Gasteiger partial charge is 0.261 e. The van der Waals surface area contributed by atoms with E-state index in [2.05, 4.69) is 4.72 Å². The average molecular weight is 388 g/mol. The van der Waals surface area contributed by atoms with Crippen molar-refractivity contribution in [2.24, 2.45) is 5.92 Å².